The summed E-state index contributed by atoms with van der Waals surface area (Å²) in [5.74, 6) is -0.478. The van der Waals surface area contributed by atoms with Crippen LogP contribution in [0.2, 0.25) is 0 Å². The third-order valence-corrected chi connectivity index (χ3v) is 2.51. The zero-order valence-electron chi connectivity index (χ0n) is 10.6. The van der Waals surface area contributed by atoms with Gasteiger partial charge < -0.3 is 4.74 Å². The van der Waals surface area contributed by atoms with Crippen LogP contribution in [0.25, 0.3) is 0 Å². The molecule has 17 heavy (non-hydrogen) atoms. The van der Waals surface area contributed by atoms with E-state index in [4.69, 9.17) is 14.5 Å². The standard InChI is InChI=1S/C13H18O4/c1-9-6-5-7-12(11(9)3)13(14)17-16-10(2)8-15-4/h5-7,10H,8H2,1-4H3. The Labute approximate surface area is 101 Å². The Morgan fingerprint density at radius 1 is 1.35 bits per heavy atom. The minimum Gasteiger partial charge on any atom is -0.382 e. The summed E-state index contributed by atoms with van der Waals surface area (Å²) in [5, 5.41) is 0. The summed E-state index contributed by atoms with van der Waals surface area (Å²) in [6, 6.07) is 5.48. The lowest BCUT2D eigenvalue weighted by molar-refractivity contribution is -0.276. The molecular weight excluding hydrogens is 220 g/mol. The summed E-state index contributed by atoms with van der Waals surface area (Å²) in [4.78, 5) is 21.4. The van der Waals surface area contributed by atoms with Gasteiger partial charge in [-0.3, -0.25) is 4.89 Å². The molecule has 0 fully saturated rings. The van der Waals surface area contributed by atoms with Crippen molar-refractivity contribution in [3.8, 4) is 0 Å². The van der Waals surface area contributed by atoms with E-state index in [1.165, 1.54) is 0 Å². The molecular formula is C13H18O4. The molecule has 0 aromatic heterocycles. The highest BCUT2D eigenvalue weighted by atomic mass is 17.2. The van der Waals surface area contributed by atoms with E-state index in [-0.39, 0.29) is 6.10 Å². The Hall–Kier alpha value is -1.39. The first-order valence-corrected chi connectivity index (χ1v) is 5.49. The lowest BCUT2D eigenvalue weighted by Gasteiger charge is -2.11. The Balaban J connectivity index is 2.61. The molecule has 0 heterocycles. The molecule has 0 saturated heterocycles. The summed E-state index contributed by atoms with van der Waals surface area (Å²) < 4.78 is 4.87. The van der Waals surface area contributed by atoms with Crippen LogP contribution < -0.4 is 0 Å². The van der Waals surface area contributed by atoms with Gasteiger partial charge in [0, 0.05) is 7.11 Å². The average Bonchev–Trinajstić information content (AvgIpc) is 2.30. The number of rotatable bonds is 5. The van der Waals surface area contributed by atoms with E-state index >= 15 is 0 Å². The van der Waals surface area contributed by atoms with Crippen molar-refractivity contribution in [2.24, 2.45) is 0 Å². The van der Waals surface area contributed by atoms with Gasteiger partial charge in [0.25, 0.3) is 0 Å². The summed E-state index contributed by atoms with van der Waals surface area (Å²) in [5.41, 5.74) is 2.47. The molecule has 1 rings (SSSR count). The van der Waals surface area contributed by atoms with Crippen molar-refractivity contribution in [3.63, 3.8) is 0 Å². The summed E-state index contributed by atoms with van der Waals surface area (Å²) in [7, 11) is 1.56. The smallest absolute Gasteiger partial charge is 0.373 e. The quantitative estimate of drug-likeness (QED) is 0.583. The lowest BCUT2D eigenvalue weighted by Crippen LogP contribution is -2.18. The maximum Gasteiger partial charge on any atom is 0.373 e. The van der Waals surface area contributed by atoms with Crippen molar-refractivity contribution in [1.82, 2.24) is 0 Å². The molecule has 0 aliphatic rings. The van der Waals surface area contributed by atoms with E-state index in [0.717, 1.165) is 11.1 Å². The molecule has 4 heteroatoms. The third-order valence-electron chi connectivity index (χ3n) is 2.51. The molecule has 1 atom stereocenters. The zero-order valence-corrected chi connectivity index (χ0v) is 10.6. The molecule has 1 aromatic carbocycles. The van der Waals surface area contributed by atoms with E-state index < -0.39 is 5.97 Å². The van der Waals surface area contributed by atoms with Crippen molar-refractivity contribution in [1.29, 1.82) is 0 Å². The van der Waals surface area contributed by atoms with Crippen LogP contribution in [-0.2, 0) is 14.5 Å². The van der Waals surface area contributed by atoms with Crippen LogP contribution in [0.3, 0.4) is 0 Å². The fourth-order valence-corrected chi connectivity index (χ4v) is 1.41. The van der Waals surface area contributed by atoms with Crippen LogP contribution in [0.5, 0.6) is 0 Å². The summed E-state index contributed by atoms with van der Waals surface area (Å²) in [6.45, 7) is 5.96. The molecule has 0 N–H and O–H groups in total. The van der Waals surface area contributed by atoms with Gasteiger partial charge in [0.2, 0.25) is 0 Å². The highest BCUT2D eigenvalue weighted by molar-refractivity contribution is 5.90. The van der Waals surface area contributed by atoms with Gasteiger partial charge in [0.15, 0.2) is 0 Å². The lowest BCUT2D eigenvalue weighted by atomic mass is 10.0. The normalized spacial score (nSPS) is 12.2. The second-order valence-electron chi connectivity index (χ2n) is 3.98. The van der Waals surface area contributed by atoms with Crippen LogP contribution in [0.1, 0.15) is 28.4 Å². The van der Waals surface area contributed by atoms with Gasteiger partial charge >= 0.3 is 5.97 Å². The first-order valence-electron chi connectivity index (χ1n) is 5.49. The minimum absolute atomic E-state index is 0.283. The second kappa shape index (κ2) is 6.37. The topological polar surface area (TPSA) is 44.8 Å². The largest absolute Gasteiger partial charge is 0.382 e. The van der Waals surface area contributed by atoms with Crippen molar-refractivity contribution >= 4 is 5.97 Å². The van der Waals surface area contributed by atoms with Crippen LogP contribution in [-0.4, -0.2) is 25.8 Å². The molecule has 0 saturated carbocycles. The van der Waals surface area contributed by atoms with Crippen LogP contribution in [0.4, 0.5) is 0 Å². The Morgan fingerprint density at radius 3 is 2.71 bits per heavy atom. The number of hydrogen-bond acceptors (Lipinski definition) is 4. The maximum absolute atomic E-state index is 11.7. The van der Waals surface area contributed by atoms with E-state index in [9.17, 15) is 4.79 Å². The Kier molecular flexibility index (Phi) is 5.12. The molecule has 0 aliphatic heterocycles. The molecule has 0 radical (unpaired) electrons. The molecule has 1 aromatic rings. The van der Waals surface area contributed by atoms with Crippen LogP contribution in [0.15, 0.2) is 18.2 Å². The first kappa shape index (κ1) is 13.7. The maximum atomic E-state index is 11.7. The minimum atomic E-state index is -0.478. The van der Waals surface area contributed by atoms with Gasteiger partial charge in [-0.25, -0.2) is 4.79 Å². The van der Waals surface area contributed by atoms with Gasteiger partial charge in [0.1, 0.15) is 6.10 Å². The molecule has 0 aliphatic carbocycles. The monoisotopic (exact) mass is 238 g/mol. The number of methoxy groups -OCH3 is 1. The molecule has 0 bridgehead atoms. The number of ether oxygens (including phenoxy) is 1. The van der Waals surface area contributed by atoms with Crippen LogP contribution >= 0.6 is 0 Å². The Bertz CT molecular complexity index is 387. The predicted octanol–water partition coefficient (Wildman–Crippen LogP) is 2.43. The summed E-state index contributed by atoms with van der Waals surface area (Å²) >= 11 is 0. The Morgan fingerprint density at radius 2 is 2.06 bits per heavy atom. The fraction of sp³-hybridized carbons (Fsp3) is 0.462. The van der Waals surface area contributed by atoms with E-state index in [1.807, 2.05) is 26.0 Å². The van der Waals surface area contributed by atoms with Crippen molar-refractivity contribution in [3.05, 3.63) is 34.9 Å². The number of carbonyl (C=O) groups excluding carboxylic acids is 1. The number of hydrogen-bond donors (Lipinski definition) is 0. The van der Waals surface area contributed by atoms with E-state index in [1.54, 1.807) is 20.1 Å². The van der Waals surface area contributed by atoms with Gasteiger partial charge in [-0.05, 0) is 38.0 Å². The predicted molar refractivity (Wildman–Crippen MR) is 63.8 cm³/mol. The zero-order chi connectivity index (χ0) is 12.8. The van der Waals surface area contributed by atoms with E-state index in [0.29, 0.717) is 12.2 Å². The van der Waals surface area contributed by atoms with Gasteiger partial charge in [-0.2, -0.15) is 4.89 Å². The van der Waals surface area contributed by atoms with Crippen LogP contribution in [0, 0.1) is 13.8 Å². The fourth-order valence-electron chi connectivity index (χ4n) is 1.41. The van der Waals surface area contributed by atoms with Gasteiger partial charge in [-0.15, -0.1) is 0 Å². The highest BCUT2D eigenvalue weighted by Gasteiger charge is 2.14. The molecule has 0 amide bonds. The number of benzene rings is 1. The van der Waals surface area contributed by atoms with Crippen molar-refractivity contribution < 1.29 is 19.3 Å². The third kappa shape index (κ3) is 3.84. The van der Waals surface area contributed by atoms with Crippen molar-refractivity contribution in [2.45, 2.75) is 26.9 Å². The van der Waals surface area contributed by atoms with Gasteiger partial charge in [0.05, 0.1) is 12.2 Å². The molecule has 0 spiro atoms. The summed E-state index contributed by atoms with van der Waals surface area (Å²) in [6.07, 6.45) is -0.283. The number of aryl methyl sites for hydroxylation is 1. The average molecular weight is 238 g/mol. The van der Waals surface area contributed by atoms with Crippen molar-refractivity contribution in [2.75, 3.05) is 13.7 Å². The molecule has 94 valence electrons. The second-order valence-corrected chi connectivity index (χ2v) is 3.98. The molecule has 4 nitrogen and oxygen atoms in total. The first-order chi connectivity index (χ1) is 8.06. The van der Waals surface area contributed by atoms with Gasteiger partial charge in [-0.1, -0.05) is 12.1 Å². The highest BCUT2D eigenvalue weighted by Crippen LogP contribution is 2.14. The number of carbonyl (C=O) groups is 1. The van der Waals surface area contributed by atoms with E-state index in [2.05, 4.69) is 0 Å². The SMILES string of the molecule is COCC(C)OOC(=O)c1cccc(C)c1C. The molecule has 1 unspecified atom stereocenters.